The van der Waals surface area contributed by atoms with Crippen LogP contribution in [0.25, 0.3) is 0 Å². The van der Waals surface area contributed by atoms with E-state index in [1.54, 1.807) is 0 Å². The zero-order chi connectivity index (χ0) is 17.7. The van der Waals surface area contributed by atoms with Gasteiger partial charge in [0.1, 0.15) is 11.6 Å². The predicted octanol–water partition coefficient (Wildman–Crippen LogP) is 5.05. The number of ketones is 2. The Hall–Kier alpha value is -0.660. The van der Waals surface area contributed by atoms with Crippen molar-refractivity contribution in [1.29, 1.82) is 0 Å². The van der Waals surface area contributed by atoms with Crippen LogP contribution in [0.5, 0.6) is 0 Å². The Labute approximate surface area is 147 Å². The molecule has 0 saturated heterocycles. The molecule has 0 spiro atoms. The van der Waals surface area contributed by atoms with Gasteiger partial charge in [0.2, 0.25) is 0 Å². The highest BCUT2D eigenvalue weighted by Crippen LogP contribution is 2.69. The fraction of sp³-hybridized carbons (Fsp3) is 0.909. The molecule has 0 heterocycles. The van der Waals surface area contributed by atoms with E-state index >= 15 is 0 Å². The Morgan fingerprint density at radius 3 is 1.29 bits per heavy atom. The maximum Gasteiger partial charge on any atom is 0.142 e. The molecule has 0 aromatic heterocycles. The summed E-state index contributed by atoms with van der Waals surface area (Å²) in [5, 5.41) is 0. The normalized spacial score (nSPS) is 50.9. The summed E-state index contributed by atoms with van der Waals surface area (Å²) in [6.07, 6.45) is 6.42. The second kappa shape index (κ2) is 4.54. The van der Waals surface area contributed by atoms with E-state index in [9.17, 15) is 9.59 Å². The largest absolute Gasteiger partial charge is 0.299 e. The van der Waals surface area contributed by atoms with Crippen LogP contribution in [0.1, 0.15) is 80.1 Å². The Balaban J connectivity index is 1.52. The van der Waals surface area contributed by atoms with Crippen LogP contribution in [0.4, 0.5) is 0 Å². The first-order chi connectivity index (χ1) is 11.0. The first-order valence-corrected chi connectivity index (χ1v) is 10.1. The summed E-state index contributed by atoms with van der Waals surface area (Å²) in [6, 6.07) is 0. The minimum absolute atomic E-state index is 0.119. The molecule has 0 aromatic carbocycles. The average molecular weight is 331 g/mol. The monoisotopic (exact) mass is 330 g/mol. The van der Waals surface area contributed by atoms with Crippen LogP contribution in [0.15, 0.2) is 0 Å². The third kappa shape index (κ3) is 1.60. The molecule has 0 aromatic rings. The molecular weight excluding hydrogens is 296 g/mol. The van der Waals surface area contributed by atoms with E-state index in [0.717, 1.165) is 25.7 Å². The lowest BCUT2D eigenvalue weighted by atomic mass is 9.70. The molecule has 2 nitrogen and oxygen atoms in total. The number of fused-ring (bicyclic) bond motifs is 4. The van der Waals surface area contributed by atoms with Gasteiger partial charge in [0.05, 0.1) is 0 Å². The molecule has 4 aliphatic carbocycles. The Morgan fingerprint density at radius 1 is 0.708 bits per heavy atom. The van der Waals surface area contributed by atoms with Crippen molar-refractivity contribution in [1.82, 2.24) is 0 Å². The lowest BCUT2D eigenvalue weighted by Gasteiger charge is -2.32. The SMILES string of the molecule is CC1(C)[C@H]2CC[C@@]1(C)C(=O)[C@@H]2CC[C@H]1C(=O)[C@]2(C)CC[C@@H]1C2(C)C. The summed E-state index contributed by atoms with van der Waals surface area (Å²) < 4.78 is 0. The third-order valence-corrected chi connectivity index (χ3v) is 10.1. The second-order valence-electron chi connectivity index (χ2n) is 10.9. The van der Waals surface area contributed by atoms with Gasteiger partial charge < -0.3 is 0 Å². The molecule has 0 aliphatic heterocycles. The van der Waals surface area contributed by atoms with Gasteiger partial charge in [-0.25, -0.2) is 0 Å². The van der Waals surface area contributed by atoms with Crippen LogP contribution in [0, 0.1) is 45.3 Å². The lowest BCUT2D eigenvalue weighted by molar-refractivity contribution is -0.134. The maximum absolute atomic E-state index is 13.1. The minimum atomic E-state index is -0.119. The summed E-state index contributed by atoms with van der Waals surface area (Å²) in [5.74, 6) is 2.50. The molecule has 0 radical (unpaired) electrons. The molecule has 4 fully saturated rings. The summed E-state index contributed by atoms with van der Waals surface area (Å²) in [7, 11) is 0. The Bertz CT molecular complexity index is 561. The smallest absolute Gasteiger partial charge is 0.142 e. The summed E-state index contributed by atoms with van der Waals surface area (Å²) in [6.45, 7) is 13.6. The maximum atomic E-state index is 13.1. The van der Waals surface area contributed by atoms with Gasteiger partial charge in [-0.15, -0.1) is 0 Å². The van der Waals surface area contributed by atoms with Gasteiger partial charge in [0, 0.05) is 22.7 Å². The van der Waals surface area contributed by atoms with Crippen LogP contribution in [0.2, 0.25) is 0 Å². The number of carbonyl (C=O) groups excluding carboxylic acids is 2. The zero-order valence-corrected chi connectivity index (χ0v) is 16.4. The average Bonchev–Trinajstić information content (AvgIpc) is 2.97. The van der Waals surface area contributed by atoms with Gasteiger partial charge in [-0.1, -0.05) is 41.5 Å². The standard InChI is InChI=1S/C22H34O2/c1-19(2)15-9-11-21(19,5)17(23)13(15)7-8-14-16-10-12-22(6,18(14)24)20(16,3)4/h13-16H,7-12H2,1-6H3/t13-,14-,15+,16+,21+,22+/m1/s1. The molecule has 4 bridgehead atoms. The molecule has 4 aliphatic rings. The highest BCUT2D eigenvalue weighted by Gasteiger charge is 2.68. The quantitative estimate of drug-likeness (QED) is 0.725. The van der Waals surface area contributed by atoms with E-state index in [1.165, 1.54) is 12.8 Å². The number of Topliss-reactive ketones (excluding diaryl/α,β-unsaturated/α-hetero) is 2. The van der Waals surface area contributed by atoms with Crippen LogP contribution >= 0.6 is 0 Å². The molecule has 0 unspecified atom stereocenters. The Kier molecular flexibility index (Phi) is 3.18. The topological polar surface area (TPSA) is 34.1 Å². The number of hydrogen-bond acceptors (Lipinski definition) is 2. The van der Waals surface area contributed by atoms with Crippen LogP contribution < -0.4 is 0 Å². The fourth-order valence-corrected chi connectivity index (χ4v) is 7.57. The van der Waals surface area contributed by atoms with E-state index in [2.05, 4.69) is 41.5 Å². The van der Waals surface area contributed by atoms with Crippen molar-refractivity contribution in [2.75, 3.05) is 0 Å². The molecule has 4 saturated carbocycles. The molecule has 4 rings (SSSR count). The van der Waals surface area contributed by atoms with Gasteiger partial charge in [0.25, 0.3) is 0 Å². The molecule has 0 N–H and O–H groups in total. The van der Waals surface area contributed by atoms with E-state index in [1.807, 2.05) is 0 Å². The molecule has 2 heteroatoms. The Morgan fingerprint density at radius 2 is 1.04 bits per heavy atom. The summed E-state index contributed by atoms with van der Waals surface area (Å²) in [4.78, 5) is 26.1. The fourth-order valence-electron chi connectivity index (χ4n) is 7.57. The van der Waals surface area contributed by atoms with Crippen LogP contribution in [-0.4, -0.2) is 11.6 Å². The lowest BCUT2D eigenvalue weighted by Crippen LogP contribution is -2.34. The summed E-state index contributed by atoms with van der Waals surface area (Å²) >= 11 is 0. The van der Waals surface area contributed by atoms with Crippen LogP contribution in [0.3, 0.4) is 0 Å². The van der Waals surface area contributed by atoms with Gasteiger partial charge in [-0.05, 0) is 61.2 Å². The molecule has 6 atom stereocenters. The second-order valence-corrected chi connectivity index (χ2v) is 10.9. The van der Waals surface area contributed by atoms with Gasteiger partial charge in [-0.3, -0.25) is 9.59 Å². The van der Waals surface area contributed by atoms with Crippen molar-refractivity contribution < 1.29 is 9.59 Å². The van der Waals surface area contributed by atoms with Gasteiger partial charge >= 0.3 is 0 Å². The molecule has 134 valence electrons. The van der Waals surface area contributed by atoms with Crippen LogP contribution in [-0.2, 0) is 9.59 Å². The van der Waals surface area contributed by atoms with Gasteiger partial charge in [-0.2, -0.15) is 0 Å². The van der Waals surface area contributed by atoms with Crippen molar-refractivity contribution in [2.24, 2.45) is 45.3 Å². The molecular formula is C22H34O2. The highest BCUT2D eigenvalue weighted by molar-refractivity contribution is 5.93. The van der Waals surface area contributed by atoms with E-state index in [4.69, 9.17) is 0 Å². The molecule has 0 amide bonds. The number of hydrogen-bond donors (Lipinski definition) is 0. The third-order valence-electron chi connectivity index (χ3n) is 10.1. The van der Waals surface area contributed by atoms with Crippen molar-refractivity contribution in [3.05, 3.63) is 0 Å². The van der Waals surface area contributed by atoms with Crippen molar-refractivity contribution >= 4 is 11.6 Å². The number of carbonyl (C=O) groups is 2. The van der Waals surface area contributed by atoms with E-state index in [0.29, 0.717) is 23.4 Å². The minimum Gasteiger partial charge on any atom is -0.299 e. The highest BCUT2D eigenvalue weighted by atomic mass is 16.1. The van der Waals surface area contributed by atoms with E-state index < -0.39 is 0 Å². The van der Waals surface area contributed by atoms with Crippen molar-refractivity contribution in [3.63, 3.8) is 0 Å². The van der Waals surface area contributed by atoms with Crippen molar-refractivity contribution in [2.45, 2.75) is 80.1 Å². The molecule has 24 heavy (non-hydrogen) atoms. The predicted molar refractivity (Wildman–Crippen MR) is 95.5 cm³/mol. The first-order valence-electron chi connectivity index (χ1n) is 10.1. The number of rotatable bonds is 3. The van der Waals surface area contributed by atoms with Crippen molar-refractivity contribution in [3.8, 4) is 0 Å². The first kappa shape index (κ1) is 16.8. The van der Waals surface area contributed by atoms with E-state index in [-0.39, 0.29) is 33.5 Å². The van der Waals surface area contributed by atoms with Gasteiger partial charge in [0.15, 0.2) is 0 Å². The zero-order valence-electron chi connectivity index (χ0n) is 16.4. The summed E-state index contributed by atoms with van der Waals surface area (Å²) in [5.41, 5.74) is 0.0376.